The zero-order valence-corrected chi connectivity index (χ0v) is 25.9. The van der Waals surface area contributed by atoms with E-state index in [1.54, 1.807) is 23.1 Å². The first kappa shape index (κ1) is 36.0. The Balaban J connectivity index is 1.74. The van der Waals surface area contributed by atoms with Gasteiger partial charge in [0.25, 0.3) is 11.8 Å². The van der Waals surface area contributed by atoms with Gasteiger partial charge in [-0.15, -0.1) is 0 Å². The number of hydrogen-bond donors (Lipinski definition) is 5. The minimum absolute atomic E-state index is 0.110. The Bertz CT molecular complexity index is 1230. The molecule has 1 aromatic carbocycles. The van der Waals surface area contributed by atoms with Crippen LogP contribution < -0.4 is 4.74 Å². The van der Waals surface area contributed by atoms with Crippen LogP contribution in [0.4, 0.5) is 0 Å². The normalized spacial score (nSPS) is 24.2. The van der Waals surface area contributed by atoms with Crippen molar-refractivity contribution in [1.29, 1.82) is 0 Å². The molecule has 45 heavy (non-hydrogen) atoms. The Labute approximate surface area is 261 Å². The molecular weight excluding hydrogens is 594 g/mol. The maximum Gasteiger partial charge on any atom is 0.335 e. The summed E-state index contributed by atoms with van der Waals surface area (Å²) >= 11 is 0. The third-order valence-electron chi connectivity index (χ3n) is 7.36. The number of amides is 3. The van der Waals surface area contributed by atoms with E-state index < -0.39 is 54.8 Å². The molecule has 1 fully saturated rings. The fourth-order valence-electron chi connectivity index (χ4n) is 4.86. The van der Waals surface area contributed by atoms with Gasteiger partial charge in [-0.2, -0.15) is 0 Å². The van der Waals surface area contributed by atoms with E-state index in [0.717, 1.165) is 29.2 Å². The van der Waals surface area contributed by atoms with Crippen LogP contribution >= 0.6 is 0 Å². The molecule has 5 N–H and O–H groups in total. The number of aliphatic carboxylic acids is 1. The number of aliphatic hydroxyl groups excluding tert-OH is 4. The maximum absolute atomic E-state index is 13.2. The standard InChI is InChI=1S/C30H43N3O12/c1-18(34)43-17-20-9-8-19(15-21(20)44-30-27(40)25(38)26(39)28(45-30)29(41)42)7-5-12-31(13-6-14-33(2,3)4)24(37)16-32-22(35)10-11-23(32)36/h8-11,15,18,25-28,30,34,38-40H,5-7,12-14,16-17H2,1-4H3/p+1/t18?,25-,26-,27+,28-,30+/m0/s1. The molecule has 0 spiro atoms. The molecule has 2 aliphatic heterocycles. The van der Waals surface area contributed by atoms with Crippen molar-refractivity contribution in [3.8, 4) is 5.75 Å². The second-order valence-electron chi connectivity index (χ2n) is 12.2. The number of rotatable bonds is 16. The molecule has 15 heteroatoms. The average molecular weight is 639 g/mol. The molecule has 0 bridgehead atoms. The highest BCUT2D eigenvalue weighted by Crippen LogP contribution is 2.29. The van der Waals surface area contributed by atoms with Crippen molar-refractivity contribution in [2.75, 3.05) is 47.3 Å². The molecule has 0 aliphatic carbocycles. The van der Waals surface area contributed by atoms with Crippen molar-refractivity contribution in [2.24, 2.45) is 0 Å². The lowest BCUT2D eigenvalue weighted by molar-refractivity contribution is -0.870. The second-order valence-corrected chi connectivity index (χ2v) is 12.2. The number of quaternary nitrogens is 1. The van der Waals surface area contributed by atoms with Gasteiger partial charge in [0.1, 0.15) is 30.6 Å². The zero-order chi connectivity index (χ0) is 33.5. The SMILES string of the molecule is CC(O)OCc1ccc(CCCN(CCC[N+](C)(C)C)C(=O)CN2C(=O)C=CC2=O)cc1O[C@@H]1O[C@H](C(=O)O)[C@@H](O)[C@H](O)[C@H]1O. The van der Waals surface area contributed by atoms with Gasteiger partial charge in [-0.3, -0.25) is 19.3 Å². The number of ether oxygens (including phenoxy) is 3. The van der Waals surface area contributed by atoms with Gasteiger partial charge in [0.15, 0.2) is 12.4 Å². The van der Waals surface area contributed by atoms with Gasteiger partial charge in [-0.1, -0.05) is 12.1 Å². The number of imide groups is 1. The van der Waals surface area contributed by atoms with Gasteiger partial charge in [0.05, 0.1) is 34.3 Å². The first-order valence-electron chi connectivity index (χ1n) is 14.7. The first-order chi connectivity index (χ1) is 21.1. The molecular formula is C30H44N3O12+. The monoisotopic (exact) mass is 638 g/mol. The number of carboxylic acid groups (broad SMARTS) is 1. The summed E-state index contributed by atoms with van der Waals surface area (Å²) in [5, 5.41) is 49.6. The van der Waals surface area contributed by atoms with Crippen LogP contribution in [0.5, 0.6) is 5.75 Å². The van der Waals surface area contributed by atoms with Crippen molar-refractivity contribution < 1.29 is 63.4 Å². The van der Waals surface area contributed by atoms with Crippen LogP contribution in [-0.2, 0) is 41.7 Å². The zero-order valence-electron chi connectivity index (χ0n) is 25.9. The predicted molar refractivity (Wildman–Crippen MR) is 156 cm³/mol. The van der Waals surface area contributed by atoms with E-state index in [4.69, 9.17) is 14.2 Å². The van der Waals surface area contributed by atoms with Crippen LogP contribution in [0.2, 0.25) is 0 Å². The van der Waals surface area contributed by atoms with Gasteiger partial charge < -0.3 is 49.1 Å². The third kappa shape index (κ3) is 10.3. The second kappa shape index (κ2) is 15.7. The molecule has 15 nitrogen and oxygen atoms in total. The quantitative estimate of drug-likeness (QED) is 0.0806. The average Bonchev–Trinajstić information content (AvgIpc) is 3.27. The van der Waals surface area contributed by atoms with Crippen LogP contribution in [0.3, 0.4) is 0 Å². The van der Waals surface area contributed by atoms with Gasteiger partial charge in [0, 0.05) is 37.2 Å². The number of carbonyl (C=O) groups is 4. The summed E-state index contributed by atoms with van der Waals surface area (Å²) in [4.78, 5) is 51.2. The van der Waals surface area contributed by atoms with Crippen molar-refractivity contribution in [3.05, 3.63) is 41.5 Å². The minimum atomic E-state index is -1.88. The molecule has 1 aromatic rings. The Morgan fingerprint density at radius 3 is 2.27 bits per heavy atom. The number of nitrogens with zero attached hydrogens (tertiary/aromatic N) is 3. The van der Waals surface area contributed by atoms with Gasteiger partial charge in [-0.05, 0) is 31.4 Å². The van der Waals surface area contributed by atoms with Crippen molar-refractivity contribution in [1.82, 2.24) is 9.80 Å². The summed E-state index contributed by atoms with van der Waals surface area (Å²) in [6.07, 6.45) is -6.21. The third-order valence-corrected chi connectivity index (χ3v) is 7.36. The van der Waals surface area contributed by atoms with Crippen molar-refractivity contribution >= 4 is 23.7 Å². The number of aryl methyl sites for hydroxylation is 1. The molecule has 0 saturated carbocycles. The van der Waals surface area contributed by atoms with Gasteiger partial charge >= 0.3 is 5.97 Å². The summed E-state index contributed by atoms with van der Waals surface area (Å²) < 4.78 is 17.0. The molecule has 0 radical (unpaired) electrons. The molecule has 3 amide bonds. The molecule has 6 atom stereocenters. The number of aliphatic hydroxyl groups is 4. The van der Waals surface area contributed by atoms with E-state index in [1.165, 1.54) is 6.92 Å². The van der Waals surface area contributed by atoms with Gasteiger partial charge in [0.2, 0.25) is 12.2 Å². The molecule has 0 aromatic heterocycles. The fraction of sp³-hybridized carbons (Fsp3) is 0.600. The largest absolute Gasteiger partial charge is 0.479 e. The van der Waals surface area contributed by atoms with Crippen LogP contribution in [-0.4, -0.2) is 148 Å². The highest BCUT2D eigenvalue weighted by molar-refractivity contribution is 6.14. The molecule has 1 saturated heterocycles. The Morgan fingerprint density at radius 2 is 1.67 bits per heavy atom. The van der Waals surface area contributed by atoms with Crippen LogP contribution in [0, 0.1) is 0 Å². The topological polar surface area (TPSA) is 204 Å². The molecule has 250 valence electrons. The molecule has 2 heterocycles. The van der Waals surface area contributed by atoms with E-state index >= 15 is 0 Å². The van der Waals surface area contributed by atoms with E-state index in [9.17, 15) is 44.7 Å². The molecule has 2 aliphatic rings. The Hall–Kier alpha value is -3.44. The van der Waals surface area contributed by atoms with E-state index in [0.29, 0.717) is 42.4 Å². The lowest BCUT2D eigenvalue weighted by atomic mass is 9.99. The predicted octanol–water partition coefficient (Wildman–Crippen LogP) is -1.40. The summed E-state index contributed by atoms with van der Waals surface area (Å²) in [7, 11) is 6.12. The maximum atomic E-state index is 13.2. The first-order valence-corrected chi connectivity index (χ1v) is 14.7. The van der Waals surface area contributed by atoms with Crippen molar-refractivity contribution in [3.63, 3.8) is 0 Å². The lowest BCUT2D eigenvalue weighted by Crippen LogP contribution is -2.61. The number of carbonyl (C=O) groups excluding carboxylic acids is 3. The lowest BCUT2D eigenvalue weighted by Gasteiger charge is -2.38. The number of benzene rings is 1. The summed E-state index contributed by atoms with van der Waals surface area (Å²) in [6, 6.07) is 5.05. The Kier molecular flexibility index (Phi) is 12.6. The molecule has 1 unspecified atom stereocenters. The van der Waals surface area contributed by atoms with E-state index in [1.807, 2.05) is 21.1 Å². The smallest absolute Gasteiger partial charge is 0.335 e. The number of hydrogen-bond acceptors (Lipinski definition) is 11. The van der Waals surface area contributed by atoms with Crippen LogP contribution in [0.1, 0.15) is 30.9 Å². The summed E-state index contributed by atoms with van der Waals surface area (Å²) in [5.74, 6) is -2.84. The Morgan fingerprint density at radius 1 is 1.02 bits per heavy atom. The van der Waals surface area contributed by atoms with Crippen LogP contribution in [0.15, 0.2) is 30.4 Å². The number of carboxylic acids is 1. The summed E-state index contributed by atoms with van der Waals surface area (Å²) in [6.45, 7) is 2.51. The van der Waals surface area contributed by atoms with E-state index in [-0.39, 0.29) is 24.8 Å². The highest BCUT2D eigenvalue weighted by atomic mass is 16.7. The van der Waals surface area contributed by atoms with Crippen molar-refractivity contribution in [2.45, 2.75) is 69.8 Å². The van der Waals surface area contributed by atoms with Gasteiger partial charge in [-0.25, -0.2) is 4.79 Å². The summed E-state index contributed by atoms with van der Waals surface area (Å²) in [5.41, 5.74) is 1.16. The fourth-order valence-corrected chi connectivity index (χ4v) is 4.86. The van der Waals surface area contributed by atoms with Crippen LogP contribution in [0.25, 0.3) is 0 Å². The van der Waals surface area contributed by atoms with E-state index in [2.05, 4.69) is 0 Å². The highest BCUT2D eigenvalue weighted by Gasteiger charge is 2.48. The molecule has 3 rings (SSSR count). The minimum Gasteiger partial charge on any atom is -0.479 e.